The van der Waals surface area contributed by atoms with Gasteiger partial charge in [-0.3, -0.25) is 4.79 Å². The maximum Gasteiger partial charge on any atom is 0.407 e. The van der Waals surface area contributed by atoms with Gasteiger partial charge < -0.3 is 20.5 Å². The molecule has 0 radical (unpaired) electrons. The van der Waals surface area contributed by atoms with E-state index in [1.54, 1.807) is 13.8 Å². The molecule has 3 N–H and O–H groups in total. The maximum atomic E-state index is 12.7. The first kappa shape index (κ1) is 23.8. The molecular formula is C27H32N2O5. The molecule has 3 atom stereocenters. The zero-order valence-electron chi connectivity index (χ0n) is 19.6. The van der Waals surface area contributed by atoms with E-state index in [0.717, 1.165) is 24.0 Å². The minimum Gasteiger partial charge on any atom is -0.480 e. The van der Waals surface area contributed by atoms with E-state index >= 15 is 0 Å². The molecule has 0 aliphatic heterocycles. The lowest BCUT2D eigenvalue weighted by Crippen LogP contribution is -2.48. The molecule has 4 rings (SSSR count). The molecule has 2 aliphatic rings. The normalized spacial score (nSPS) is 19.9. The molecule has 2 aliphatic carbocycles. The molecule has 7 nitrogen and oxygen atoms in total. The average Bonchev–Trinajstić information content (AvgIpc) is 3.42. The van der Waals surface area contributed by atoms with Crippen LogP contribution in [0, 0.1) is 17.8 Å². The third kappa shape index (κ3) is 4.93. The number of hydrogen-bond acceptors (Lipinski definition) is 4. The summed E-state index contributed by atoms with van der Waals surface area (Å²) in [6.45, 7) is 4.10. The Morgan fingerprint density at radius 2 is 1.62 bits per heavy atom. The topological polar surface area (TPSA) is 105 Å². The van der Waals surface area contributed by atoms with Crippen LogP contribution in [0.3, 0.4) is 0 Å². The zero-order chi connectivity index (χ0) is 24.2. The summed E-state index contributed by atoms with van der Waals surface area (Å²) < 4.78 is 5.59. The fourth-order valence-corrected chi connectivity index (χ4v) is 5.26. The van der Waals surface area contributed by atoms with Crippen LogP contribution in [0.25, 0.3) is 11.1 Å². The van der Waals surface area contributed by atoms with Crippen molar-refractivity contribution in [3.05, 3.63) is 59.7 Å². The van der Waals surface area contributed by atoms with Crippen LogP contribution >= 0.6 is 0 Å². The number of hydrogen-bond donors (Lipinski definition) is 3. The molecule has 1 fully saturated rings. The second-order valence-electron chi connectivity index (χ2n) is 9.57. The van der Waals surface area contributed by atoms with Gasteiger partial charge in [0.2, 0.25) is 5.91 Å². The van der Waals surface area contributed by atoms with Crippen LogP contribution in [0.15, 0.2) is 48.5 Å². The first-order valence-electron chi connectivity index (χ1n) is 12.0. The Morgan fingerprint density at radius 1 is 1.00 bits per heavy atom. The van der Waals surface area contributed by atoms with E-state index in [1.165, 1.54) is 11.1 Å². The molecule has 2 aromatic carbocycles. The van der Waals surface area contributed by atoms with Gasteiger partial charge in [0.15, 0.2) is 0 Å². The van der Waals surface area contributed by atoms with Crippen molar-refractivity contribution in [2.45, 2.75) is 45.1 Å². The van der Waals surface area contributed by atoms with Crippen molar-refractivity contribution in [1.29, 1.82) is 0 Å². The minimum atomic E-state index is -1.03. The number of carboxylic acids is 1. The predicted molar refractivity (Wildman–Crippen MR) is 128 cm³/mol. The van der Waals surface area contributed by atoms with Crippen molar-refractivity contribution in [1.82, 2.24) is 10.6 Å². The fourth-order valence-electron chi connectivity index (χ4n) is 5.26. The van der Waals surface area contributed by atoms with Crippen molar-refractivity contribution in [2.75, 3.05) is 13.2 Å². The molecule has 0 unspecified atom stereocenters. The van der Waals surface area contributed by atoms with Gasteiger partial charge >= 0.3 is 12.1 Å². The number of alkyl carbamates (subject to hydrolysis) is 1. The molecule has 2 aromatic rings. The SMILES string of the molecule is CC(C)[C@H](NC(=O)[C@@H]1CCC[C@@H]1CNC(=O)OCC1c2ccccc2-c2ccccc21)C(=O)O. The van der Waals surface area contributed by atoms with Gasteiger partial charge in [0.05, 0.1) is 0 Å². The summed E-state index contributed by atoms with van der Waals surface area (Å²) in [5, 5.41) is 14.9. The van der Waals surface area contributed by atoms with E-state index in [9.17, 15) is 19.5 Å². The third-order valence-corrected chi connectivity index (χ3v) is 7.08. The summed E-state index contributed by atoms with van der Waals surface area (Å²) in [5.74, 6) is -1.85. The van der Waals surface area contributed by atoms with Gasteiger partial charge in [-0.05, 0) is 46.9 Å². The molecule has 0 spiro atoms. The summed E-state index contributed by atoms with van der Waals surface area (Å²) in [7, 11) is 0. The van der Waals surface area contributed by atoms with Crippen LogP contribution in [0.2, 0.25) is 0 Å². The number of rotatable bonds is 8. The Labute approximate surface area is 199 Å². The van der Waals surface area contributed by atoms with Crippen molar-refractivity contribution < 1.29 is 24.2 Å². The van der Waals surface area contributed by atoms with Crippen LogP contribution < -0.4 is 10.6 Å². The van der Waals surface area contributed by atoms with Crippen LogP contribution in [-0.4, -0.2) is 42.3 Å². The number of amides is 2. The molecule has 0 bridgehead atoms. The Hall–Kier alpha value is -3.35. The lowest BCUT2D eigenvalue weighted by Gasteiger charge is -2.24. The minimum absolute atomic E-state index is 0.00728. The third-order valence-electron chi connectivity index (χ3n) is 7.08. The molecule has 34 heavy (non-hydrogen) atoms. The number of carbonyl (C=O) groups is 3. The summed E-state index contributed by atoms with van der Waals surface area (Å²) >= 11 is 0. The highest BCUT2D eigenvalue weighted by molar-refractivity contribution is 5.85. The van der Waals surface area contributed by atoms with Crippen molar-refractivity contribution in [2.24, 2.45) is 17.8 Å². The fraction of sp³-hybridized carbons (Fsp3) is 0.444. The highest BCUT2D eigenvalue weighted by atomic mass is 16.5. The van der Waals surface area contributed by atoms with Gasteiger partial charge in [-0.15, -0.1) is 0 Å². The Morgan fingerprint density at radius 3 is 2.21 bits per heavy atom. The van der Waals surface area contributed by atoms with Crippen molar-refractivity contribution >= 4 is 18.0 Å². The molecular weight excluding hydrogens is 432 g/mol. The van der Waals surface area contributed by atoms with Crippen molar-refractivity contribution in [3.8, 4) is 11.1 Å². The molecule has 0 heterocycles. The number of aliphatic carboxylic acids is 1. The van der Waals surface area contributed by atoms with Gasteiger partial charge in [-0.2, -0.15) is 0 Å². The highest BCUT2D eigenvalue weighted by Gasteiger charge is 2.36. The van der Waals surface area contributed by atoms with Gasteiger partial charge in [0, 0.05) is 18.4 Å². The van der Waals surface area contributed by atoms with Crippen LogP contribution in [0.4, 0.5) is 4.79 Å². The van der Waals surface area contributed by atoms with Gasteiger partial charge in [-0.1, -0.05) is 68.8 Å². The molecule has 0 saturated heterocycles. The Bertz CT molecular complexity index is 1020. The molecule has 180 valence electrons. The van der Waals surface area contributed by atoms with Gasteiger partial charge in [-0.25, -0.2) is 9.59 Å². The zero-order valence-corrected chi connectivity index (χ0v) is 19.6. The van der Waals surface area contributed by atoms with E-state index in [-0.39, 0.29) is 36.2 Å². The highest BCUT2D eigenvalue weighted by Crippen LogP contribution is 2.44. The number of carboxylic acid groups (broad SMARTS) is 1. The van der Waals surface area contributed by atoms with E-state index in [1.807, 2.05) is 24.3 Å². The lowest BCUT2D eigenvalue weighted by molar-refractivity contribution is -0.144. The largest absolute Gasteiger partial charge is 0.480 e. The maximum absolute atomic E-state index is 12.7. The van der Waals surface area contributed by atoms with Crippen LogP contribution in [-0.2, 0) is 14.3 Å². The van der Waals surface area contributed by atoms with E-state index in [4.69, 9.17) is 4.74 Å². The van der Waals surface area contributed by atoms with E-state index in [2.05, 4.69) is 34.9 Å². The quantitative estimate of drug-likeness (QED) is 0.544. The number of nitrogens with one attached hydrogen (secondary N) is 2. The van der Waals surface area contributed by atoms with E-state index < -0.39 is 18.1 Å². The lowest BCUT2D eigenvalue weighted by atomic mass is 9.94. The number of ether oxygens (including phenoxy) is 1. The van der Waals surface area contributed by atoms with Gasteiger partial charge in [0.25, 0.3) is 0 Å². The number of fused-ring (bicyclic) bond motifs is 3. The van der Waals surface area contributed by atoms with E-state index in [0.29, 0.717) is 13.0 Å². The summed E-state index contributed by atoms with van der Waals surface area (Å²) in [5.41, 5.74) is 4.66. The summed E-state index contributed by atoms with van der Waals surface area (Å²) in [6, 6.07) is 15.4. The second kappa shape index (κ2) is 10.3. The summed E-state index contributed by atoms with van der Waals surface area (Å²) in [4.78, 5) is 36.7. The standard InChI is InChI=1S/C27H32N2O5/c1-16(2)24(26(31)32)29-25(30)18-13-7-8-17(18)14-28-27(33)34-15-23-21-11-5-3-9-19(21)20-10-4-6-12-22(20)23/h3-6,9-12,16-18,23-24H,7-8,13-15H2,1-2H3,(H,28,33)(H,29,30)(H,31,32)/t17-,18-,24+/m1/s1. The molecule has 2 amide bonds. The Kier molecular flexibility index (Phi) is 7.20. The predicted octanol–water partition coefficient (Wildman–Crippen LogP) is 4.17. The number of carbonyl (C=O) groups excluding carboxylic acids is 2. The van der Waals surface area contributed by atoms with Crippen molar-refractivity contribution in [3.63, 3.8) is 0 Å². The number of benzene rings is 2. The van der Waals surface area contributed by atoms with Crippen LogP contribution in [0.1, 0.15) is 50.2 Å². The summed E-state index contributed by atoms with van der Waals surface area (Å²) in [6.07, 6.45) is 1.86. The second-order valence-corrected chi connectivity index (χ2v) is 9.57. The smallest absolute Gasteiger partial charge is 0.407 e. The van der Waals surface area contributed by atoms with Gasteiger partial charge in [0.1, 0.15) is 12.6 Å². The molecule has 1 saturated carbocycles. The molecule has 0 aromatic heterocycles. The first-order chi connectivity index (χ1) is 16.4. The first-order valence-corrected chi connectivity index (χ1v) is 12.0. The average molecular weight is 465 g/mol. The molecule has 7 heteroatoms. The van der Waals surface area contributed by atoms with Crippen LogP contribution in [0.5, 0.6) is 0 Å². The monoisotopic (exact) mass is 464 g/mol. The Balaban J connectivity index is 1.31.